The van der Waals surface area contributed by atoms with Crippen LogP contribution in [-0.4, -0.2) is 17.4 Å². The Bertz CT molecular complexity index is 735. The first-order valence-corrected chi connectivity index (χ1v) is 11.6. The summed E-state index contributed by atoms with van der Waals surface area (Å²) < 4.78 is 25.5. The average Bonchev–Trinajstić information content (AvgIpc) is 3.23. The molecule has 2 aliphatic heterocycles. The van der Waals surface area contributed by atoms with E-state index in [1.165, 1.54) is 12.8 Å². The lowest BCUT2D eigenvalue weighted by Crippen LogP contribution is -2.41. The van der Waals surface area contributed by atoms with Crippen LogP contribution in [0.4, 0.5) is 0 Å². The van der Waals surface area contributed by atoms with Crippen molar-refractivity contribution in [2.75, 3.05) is 0 Å². The molecule has 1 aromatic carbocycles. The fraction of sp³-hybridized carbons (Fsp3) is 0.708. The van der Waals surface area contributed by atoms with Gasteiger partial charge in [-0.2, -0.15) is 0 Å². The Balaban J connectivity index is 1.51. The van der Waals surface area contributed by atoms with Crippen molar-refractivity contribution in [3.8, 4) is 23.0 Å². The van der Waals surface area contributed by atoms with Gasteiger partial charge in [0.1, 0.15) is 5.56 Å². The third-order valence-electron chi connectivity index (χ3n) is 6.85. The number of hydrogen-bond donors (Lipinski definition) is 0. The fourth-order valence-electron chi connectivity index (χ4n) is 5.27. The Labute approximate surface area is 173 Å². The van der Waals surface area contributed by atoms with E-state index in [-0.39, 0.29) is 5.78 Å². The Morgan fingerprint density at radius 3 is 1.79 bits per heavy atom. The van der Waals surface area contributed by atoms with Crippen molar-refractivity contribution in [1.29, 1.82) is 0 Å². The van der Waals surface area contributed by atoms with E-state index in [2.05, 4.69) is 6.92 Å². The lowest BCUT2D eigenvalue weighted by Gasteiger charge is -2.32. The van der Waals surface area contributed by atoms with Gasteiger partial charge in [0, 0.05) is 38.2 Å². The quantitative estimate of drug-likeness (QED) is 0.428. The smallest absolute Gasteiger partial charge is 0.251 e. The van der Waals surface area contributed by atoms with Crippen LogP contribution in [0.1, 0.15) is 107 Å². The average molecular weight is 401 g/mol. The summed E-state index contributed by atoms with van der Waals surface area (Å²) in [4.78, 5) is 13.3. The summed E-state index contributed by atoms with van der Waals surface area (Å²) in [6.45, 7) is 2.15. The Kier molecular flexibility index (Phi) is 4.87. The first-order chi connectivity index (χ1) is 14.1. The van der Waals surface area contributed by atoms with Crippen LogP contribution in [0, 0.1) is 0 Å². The lowest BCUT2D eigenvalue weighted by molar-refractivity contribution is -0.109. The zero-order chi connectivity index (χ0) is 19.9. The highest BCUT2D eigenvalue weighted by atomic mass is 16.7. The SMILES string of the molecule is CCCCCC(=O)c1c2c(cc3c1OC1(CCCCC1)O3)OC1(CCCCC1)O2. The molecule has 158 valence electrons. The standard InChI is InChI=1S/C24H32O5/c1-2-3-6-11-17(25)20-21-18(26-23(28-21)12-7-4-8-13-23)16-19-22(20)29-24(27-19)14-9-5-10-15-24/h16H,2-15H2,1H3. The summed E-state index contributed by atoms with van der Waals surface area (Å²) in [5, 5.41) is 0. The molecular formula is C24H32O5. The van der Waals surface area contributed by atoms with Crippen molar-refractivity contribution >= 4 is 5.78 Å². The van der Waals surface area contributed by atoms with Gasteiger partial charge in [-0.15, -0.1) is 0 Å². The number of benzene rings is 1. The number of rotatable bonds is 5. The Morgan fingerprint density at radius 2 is 1.31 bits per heavy atom. The first kappa shape index (κ1) is 19.1. The molecule has 4 aliphatic rings. The molecule has 2 heterocycles. The number of carbonyl (C=O) groups excluding carboxylic acids is 1. The number of hydrogen-bond acceptors (Lipinski definition) is 5. The summed E-state index contributed by atoms with van der Waals surface area (Å²) in [5.74, 6) is 1.33. The Hall–Kier alpha value is -1.91. The monoisotopic (exact) mass is 400 g/mol. The van der Waals surface area contributed by atoms with Gasteiger partial charge in [0.25, 0.3) is 11.6 Å². The van der Waals surface area contributed by atoms with Crippen LogP contribution < -0.4 is 18.9 Å². The molecule has 0 saturated heterocycles. The van der Waals surface area contributed by atoms with Gasteiger partial charge < -0.3 is 18.9 Å². The second-order valence-corrected chi connectivity index (χ2v) is 9.14. The van der Waals surface area contributed by atoms with Crippen molar-refractivity contribution in [3.63, 3.8) is 0 Å². The third-order valence-corrected chi connectivity index (χ3v) is 6.85. The van der Waals surface area contributed by atoms with Gasteiger partial charge in [-0.3, -0.25) is 4.79 Å². The summed E-state index contributed by atoms with van der Waals surface area (Å²) in [6, 6.07) is 1.90. The maximum atomic E-state index is 13.3. The van der Waals surface area contributed by atoms with E-state index in [1.807, 2.05) is 6.07 Å². The number of carbonyl (C=O) groups is 1. The Morgan fingerprint density at radius 1 is 0.793 bits per heavy atom. The maximum Gasteiger partial charge on any atom is 0.251 e. The molecule has 2 aliphatic carbocycles. The van der Waals surface area contributed by atoms with Crippen LogP contribution in [0.5, 0.6) is 23.0 Å². The summed E-state index contributed by atoms with van der Waals surface area (Å²) >= 11 is 0. The van der Waals surface area contributed by atoms with Crippen molar-refractivity contribution in [1.82, 2.24) is 0 Å². The molecule has 2 fully saturated rings. The third kappa shape index (κ3) is 3.36. The van der Waals surface area contributed by atoms with E-state index in [4.69, 9.17) is 18.9 Å². The zero-order valence-electron chi connectivity index (χ0n) is 17.5. The van der Waals surface area contributed by atoms with Crippen LogP contribution in [0.15, 0.2) is 6.07 Å². The number of Topliss-reactive ketones (excluding diaryl/α,β-unsaturated/α-hetero) is 1. The first-order valence-electron chi connectivity index (χ1n) is 11.6. The van der Waals surface area contributed by atoms with Crippen LogP contribution in [0.3, 0.4) is 0 Å². The molecule has 0 bridgehead atoms. The minimum atomic E-state index is -0.614. The van der Waals surface area contributed by atoms with Crippen molar-refractivity contribution in [2.24, 2.45) is 0 Å². The van der Waals surface area contributed by atoms with E-state index >= 15 is 0 Å². The van der Waals surface area contributed by atoms with Crippen LogP contribution in [0.25, 0.3) is 0 Å². The van der Waals surface area contributed by atoms with Crippen LogP contribution in [-0.2, 0) is 0 Å². The molecule has 5 rings (SSSR count). The van der Waals surface area contributed by atoms with Crippen LogP contribution in [0.2, 0.25) is 0 Å². The molecule has 5 nitrogen and oxygen atoms in total. The summed E-state index contributed by atoms with van der Waals surface area (Å²) in [6.07, 6.45) is 13.7. The largest absolute Gasteiger partial charge is 0.448 e. The molecule has 2 saturated carbocycles. The zero-order valence-corrected chi connectivity index (χ0v) is 17.5. The number of fused-ring (bicyclic) bond motifs is 2. The number of ketones is 1. The molecule has 0 radical (unpaired) electrons. The minimum Gasteiger partial charge on any atom is -0.448 e. The molecule has 5 heteroatoms. The molecule has 29 heavy (non-hydrogen) atoms. The van der Waals surface area contributed by atoms with E-state index in [0.717, 1.165) is 70.6 Å². The van der Waals surface area contributed by atoms with Gasteiger partial charge in [-0.05, 0) is 32.1 Å². The molecule has 0 amide bonds. The second kappa shape index (κ2) is 7.41. The minimum absolute atomic E-state index is 0.0828. The van der Waals surface area contributed by atoms with E-state index in [9.17, 15) is 4.79 Å². The molecule has 1 aromatic rings. The van der Waals surface area contributed by atoms with Gasteiger partial charge in [-0.1, -0.05) is 32.6 Å². The molecule has 2 spiro atoms. The lowest BCUT2D eigenvalue weighted by atomic mass is 9.94. The fourth-order valence-corrected chi connectivity index (χ4v) is 5.27. The van der Waals surface area contributed by atoms with Crippen molar-refractivity contribution in [3.05, 3.63) is 11.6 Å². The molecule has 0 atom stereocenters. The van der Waals surface area contributed by atoms with Crippen LogP contribution >= 0.6 is 0 Å². The highest BCUT2D eigenvalue weighted by Gasteiger charge is 2.50. The van der Waals surface area contributed by atoms with Gasteiger partial charge in [0.15, 0.2) is 28.8 Å². The van der Waals surface area contributed by atoms with Crippen molar-refractivity contribution < 1.29 is 23.7 Å². The van der Waals surface area contributed by atoms with E-state index in [1.54, 1.807) is 0 Å². The van der Waals surface area contributed by atoms with E-state index in [0.29, 0.717) is 35.0 Å². The van der Waals surface area contributed by atoms with Gasteiger partial charge >= 0.3 is 0 Å². The predicted octanol–water partition coefficient (Wildman–Crippen LogP) is 6.31. The maximum absolute atomic E-state index is 13.3. The number of unbranched alkanes of at least 4 members (excludes halogenated alkanes) is 2. The highest BCUT2D eigenvalue weighted by molar-refractivity contribution is 6.03. The highest BCUT2D eigenvalue weighted by Crippen LogP contribution is 2.57. The topological polar surface area (TPSA) is 54.0 Å². The van der Waals surface area contributed by atoms with E-state index < -0.39 is 11.6 Å². The summed E-state index contributed by atoms with van der Waals surface area (Å²) in [7, 11) is 0. The second-order valence-electron chi connectivity index (χ2n) is 9.14. The molecule has 0 aromatic heterocycles. The summed E-state index contributed by atoms with van der Waals surface area (Å²) in [5.41, 5.74) is 0.554. The van der Waals surface area contributed by atoms with Gasteiger partial charge in [-0.25, -0.2) is 0 Å². The normalized spacial score (nSPS) is 22.9. The number of ether oxygens (including phenoxy) is 4. The van der Waals surface area contributed by atoms with Gasteiger partial charge in [0.2, 0.25) is 0 Å². The molecule has 0 N–H and O–H groups in total. The van der Waals surface area contributed by atoms with Gasteiger partial charge in [0.05, 0.1) is 0 Å². The molecular weight excluding hydrogens is 368 g/mol. The molecule has 0 unspecified atom stereocenters. The van der Waals surface area contributed by atoms with Crippen molar-refractivity contribution in [2.45, 2.75) is 108 Å². The predicted molar refractivity (Wildman–Crippen MR) is 109 cm³/mol.